The van der Waals surface area contributed by atoms with Crippen LogP contribution in [-0.4, -0.2) is 53.9 Å². The number of rotatable bonds is 9. The largest absolute Gasteiger partial charge is 0.395 e. The van der Waals surface area contributed by atoms with E-state index in [4.69, 9.17) is 10.2 Å². The number of hydrogen-bond acceptors (Lipinski definition) is 4. The number of amides is 1. The maximum Gasteiger partial charge on any atom is 0.238 e. The molecule has 3 N–H and O–H groups in total. The molecule has 0 aromatic heterocycles. The molecule has 0 aliphatic rings. The molecule has 1 atom stereocenters. The molecule has 1 aromatic carbocycles. The van der Waals surface area contributed by atoms with Gasteiger partial charge in [-0.2, -0.15) is 0 Å². The summed E-state index contributed by atoms with van der Waals surface area (Å²) in [5.41, 5.74) is 2.03. The molecule has 21 heavy (non-hydrogen) atoms. The average Bonchev–Trinajstić information content (AvgIpc) is 2.47. The van der Waals surface area contributed by atoms with Crippen molar-refractivity contribution in [2.45, 2.75) is 26.2 Å². The Morgan fingerprint density at radius 2 is 1.76 bits per heavy atom. The molecule has 1 aromatic rings. The van der Waals surface area contributed by atoms with Gasteiger partial charge in [0, 0.05) is 18.8 Å². The molecule has 5 heteroatoms. The third-order valence-corrected chi connectivity index (χ3v) is 3.58. The first-order chi connectivity index (χ1) is 10.1. The summed E-state index contributed by atoms with van der Waals surface area (Å²) < 4.78 is 0. The van der Waals surface area contributed by atoms with Crippen molar-refractivity contribution in [2.75, 3.05) is 38.2 Å². The van der Waals surface area contributed by atoms with Gasteiger partial charge in [0.15, 0.2) is 0 Å². The van der Waals surface area contributed by atoms with E-state index in [2.05, 4.69) is 19.2 Å². The summed E-state index contributed by atoms with van der Waals surface area (Å²) in [4.78, 5) is 13.6. The number of nitrogens with zero attached hydrogens (tertiary/aromatic N) is 1. The van der Waals surface area contributed by atoms with Gasteiger partial charge in [-0.15, -0.1) is 0 Å². The second-order valence-electron chi connectivity index (χ2n) is 5.20. The number of aliphatic hydroxyl groups excluding tert-OH is 2. The molecule has 1 rings (SSSR count). The van der Waals surface area contributed by atoms with Crippen LogP contribution < -0.4 is 5.32 Å². The summed E-state index contributed by atoms with van der Waals surface area (Å²) in [7, 11) is 0. The standard InChI is InChI=1S/C16H26N2O3/c1-3-13(2)14-4-6-15(7-5-14)17-16(21)12-18(8-10-19)9-11-20/h4-7,13,19-20H,3,8-12H2,1-2H3,(H,17,21). The molecule has 1 unspecified atom stereocenters. The Balaban J connectivity index is 2.53. The van der Waals surface area contributed by atoms with Crippen LogP contribution in [0.2, 0.25) is 0 Å². The maximum absolute atomic E-state index is 11.9. The van der Waals surface area contributed by atoms with Crippen LogP contribution >= 0.6 is 0 Å². The van der Waals surface area contributed by atoms with Gasteiger partial charge in [0.05, 0.1) is 19.8 Å². The van der Waals surface area contributed by atoms with E-state index in [0.29, 0.717) is 19.0 Å². The Labute approximate surface area is 126 Å². The van der Waals surface area contributed by atoms with Crippen molar-refractivity contribution in [2.24, 2.45) is 0 Å². The van der Waals surface area contributed by atoms with Gasteiger partial charge < -0.3 is 15.5 Å². The highest BCUT2D eigenvalue weighted by Gasteiger charge is 2.10. The van der Waals surface area contributed by atoms with Crippen LogP contribution in [0, 0.1) is 0 Å². The summed E-state index contributed by atoms with van der Waals surface area (Å²) in [5.74, 6) is 0.368. The van der Waals surface area contributed by atoms with Crippen LogP contribution in [0.5, 0.6) is 0 Å². The van der Waals surface area contributed by atoms with Gasteiger partial charge in [0.25, 0.3) is 0 Å². The lowest BCUT2D eigenvalue weighted by atomic mass is 9.99. The summed E-state index contributed by atoms with van der Waals surface area (Å²) >= 11 is 0. The lowest BCUT2D eigenvalue weighted by Crippen LogP contribution is -2.37. The van der Waals surface area contributed by atoms with Crippen molar-refractivity contribution in [1.82, 2.24) is 4.90 Å². The van der Waals surface area contributed by atoms with E-state index in [1.807, 2.05) is 24.3 Å². The van der Waals surface area contributed by atoms with Gasteiger partial charge in [-0.05, 0) is 30.0 Å². The van der Waals surface area contributed by atoms with E-state index in [-0.39, 0.29) is 25.7 Å². The van der Waals surface area contributed by atoms with Gasteiger partial charge in [-0.25, -0.2) is 0 Å². The van der Waals surface area contributed by atoms with Crippen LogP contribution in [-0.2, 0) is 4.79 Å². The maximum atomic E-state index is 11.9. The van der Waals surface area contributed by atoms with Crippen molar-refractivity contribution >= 4 is 11.6 Å². The highest BCUT2D eigenvalue weighted by atomic mass is 16.3. The number of hydrogen-bond donors (Lipinski definition) is 3. The van der Waals surface area contributed by atoms with E-state index >= 15 is 0 Å². The molecular formula is C16H26N2O3. The molecule has 0 fully saturated rings. The molecule has 0 saturated carbocycles. The van der Waals surface area contributed by atoms with E-state index in [1.54, 1.807) is 4.90 Å². The summed E-state index contributed by atoms with van der Waals surface area (Å²) in [5, 5.41) is 20.7. The fourth-order valence-corrected chi connectivity index (χ4v) is 2.09. The van der Waals surface area contributed by atoms with Crippen molar-refractivity contribution in [1.29, 1.82) is 0 Å². The minimum absolute atomic E-state index is 0.0309. The lowest BCUT2D eigenvalue weighted by Gasteiger charge is -2.19. The quantitative estimate of drug-likeness (QED) is 0.644. The summed E-state index contributed by atoms with van der Waals surface area (Å²) in [6, 6.07) is 7.87. The fourth-order valence-electron chi connectivity index (χ4n) is 2.09. The second-order valence-corrected chi connectivity index (χ2v) is 5.20. The third kappa shape index (κ3) is 6.25. The zero-order chi connectivity index (χ0) is 15.7. The first kappa shape index (κ1) is 17.6. The monoisotopic (exact) mass is 294 g/mol. The molecule has 5 nitrogen and oxygen atoms in total. The molecule has 0 aliphatic carbocycles. The van der Waals surface area contributed by atoms with Crippen molar-refractivity contribution in [3.05, 3.63) is 29.8 Å². The Kier molecular flexibility index (Phi) is 7.97. The van der Waals surface area contributed by atoms with E-state index in [1.165, 1.54) is 5.56 Å². The molecule has 0 heterocycles. The minimum atomic E-state index is -0.145. The molecule has 1 amide bonds. The minimum Gasteiger partial charge on any atom is -0.395 e. The van der Waals surface area contributed by atoms with E-state index in [9.17, 15) is 4.79 Å². The highest BCUT2D eigenvalue weighted by molar-refractivity contribution is 5.92. The van der Waals surface area contributed by atoms with Gasteiger partial charge >= 0.3 is 0 Å². The van der Waals surface area contributed by atoms with Gasteiger partial charge in [0.1, 0.15) is 0 Å². The van der Waals surface area contributed by atoms with Gasteiger partial charge in [-0.1, -0.05) is 26.0 Å². The summed E-state index contributed by atoms with van der Waals surface area (Å²) in [6.45, 7) is 5.18. The van der Waals surface area contributed by atoms with E-state index < -0.39 is 0 Å². The number of benzene rings is 1. The molecule has 118 valence electrons. The Bertz CT molecular complexity index is 414. The SMILES string of the molecule is CCC(C)c1ccc(NC(=O)CN(CCO)CCO)cc1. The van der Waals surface area contributed by atoms with Crippen molar-refractivity contribution in [3.8, 4) is 0 Å². The number of nitrogens with one attached hydrogen (secondary N) is 1. The molecule has 0 bridgehead atoms. The smallest absolute Gasteiger partial charge is 0.238 e. The predicted molar refractivity (Wildman–Crippen MR) is 84.4 cm³/mol. The lowest BCUT2D eigenvalue weighted by molar-refractivity contribution is -0.117. The van der Waals surface area contributed by atoms with Gasteiger partial charge in [-0.3, -0.25) is 9.69 Å². The normalized spacial score (nSPS) is 12.4. The predicted octanol–water partition coefficient (Wildman–Crippen LogP) is 1.43. The topological polar surface area (TPSA) is 72.8 Å². The van der Waals surface area contributed by atoms with Crippen LogP contribution in [0.15, 0.2) is 24.3 Å². The number of anilines is 1. The first-order valence-electron chi connectivity index (χ1n) is 7.44. The zero-order valence-corrected chi connectivity index (χ0v) is 12.9. The van der Waals surface area contributed by atoms with E-state index in [0.717, 1.165) is 12.1 Å². The Morgan fingerprint density at radius 1 is 1.19 bits per heavy atom. The fraction of sp³-hybridized carbons (Fsp3) is 0.562. The Hall–Kier alpha value is -1.43. The molecular weight excluding hydrogens is 268 g/mol. The van der Waals surface area contributed by atoms with Crippen molar-refractivity contribution < 1.29 is 15.0 Å². The second kappa shape index (κ2) is 9.50. The van der Waals surface area contributed by atoms with Crippen LogP contribution in [0.25, 0.3) is 0 Å². The molecule has 0 aliphatic heterocycles. The molecule has 0 spiro atoms. The number of aliphatic hydroxyl groups is 2. The number of carbonyl (C=O) groups is 1. The Morgan fingerprint density at radius 3 is 2.24 bits per heavy atom. The van der Waals surface area contributed by atoms with Crippen LogP contribution in [0.1, 0.15) is 31.7 Å². The third-order valence-electron chi connectivity index (χ3n) is 3.58. The molecule has 0 saturated heterocycles. The zero-order valence-electron chi connectivity index (χ0n) is 12.9. The van der Waals surface area contributed by atoms with Crippen LogP contribution in [0.3, 0.4) is 0 Å². The van der Waals surface area contributed by atoms with Crippen LogP contribution in [0.4, 0.5) is 5.69 Å². The van der Waals surface area contributed by atoms with Gasteiger partial charge in [0.2, 0.25) is 5.91 Å². The van der Waals surface area contributed by atoms with Crippen molar-refractivity contribution in [3.63, 3.8) is 0 Å². The molecule has 0 radical (unpaired) electrons. The average molecular weight is 294 g/mol. The summed E-state index contributed by atoms with van der Waals surface area (Å²) in [6.07, 6.45) is 1.09. The number of carbonyl (C=O) groups excluding carboxylic acids is 1. The first-order valence-corrected chi connectivity index (χ1v) is 7.44. The highest BCUT2D eigenvalue weighted by Crippen LogP contribution is 2.20.